The van der Waals surface area contributed by atoms with Gasteiger partial charge in [-0.3, -0.25) is 9.13 Å². The van der Waals surface area contributed by atoms with Crippen LogP contribution in [0.1, 0.15) is 11.1 Å². The number of hydrogen-bond donors (Lipinski definition) is 0. The van der Waals surface area contributed by atoms with Gasteiger partial charge in [0, 0.05) is 22.1 Å². The molecule has 4 aromatic carbocycles. The van der Waals surface area contributed by atoms with Crippen molar-refractivity contribution < 1.29 is 0 Å². The second-order valence-electron chi connectivity index (χ2n) is 8.94. The summed E-state index contributed by atoms with van der Waals surface area (Å²) in [5.74, 6) is 0. The quantitative estimate of drug-likeness (QED) is 0.284. The molecule has 4 heteroatoms. The molecular weight excluding hydrogens is 416 g/mol. The van der Waals surface area contributed by atoms with Crippen LogP contribution in [0.4, 0.5) is 0 Å². The minimum atomic E-state index is 0.879. The fourth-order valence-electron chi connectivity index (χ4n) is 4.97. The molecule has 0 bridgehead atoms. The fraction of sp³-hybridized carbons (Fsp3) is 0.0667. The van der Waals surface area contributed by atoms with E-state index in [1.165, 1.54) is 11.1 Å². The SMILES string of the molecule is Cc1ccc(-n2c3ccccc3c3nc4c(nc32)c2ccccc2n4-c2ccc(C)cc2)cc1. The molecular formula is C30H22N4. The monoisotopic (exact) mass is 438 g/mol. The molecule has 7 aromatic rings. The summed E-state index contributed by atoms with van der Waals surface area (Å²) in [6, 6.07) is 34.1. The van der Waals surface area contributed by atoms with Crippen molar-refractivity contribution in [3.05, 3.63) is 108 Å². The van der Waals surface area contributed by atoms with E-state index in [0.717, 1.165) is 55.5 Å². The smallest absolute Gasteiger partial charge is 0.165 e. The highest BCUT2D eigenvalue weighted by Crippen LogP contribution is 2.35. The lowest BCUT2D eigenvalue weighted by Crippen LogP contribution is -1.98. The van der Waals surface area contributed by atoms with Crippen molar-refractivity contribution in [1.29, 1.82) is 0 Å². The zero-order chi connectivity index (χ0) is 22.8. The van der Waals surface area contributed by atoms with E-state index in [1.807, 2.05) is 0 Å². The third-order valence-electron chi connectivity index (χ3n) is 6.67. The lowest BCUT2D eigenvalue weighted by atomic mass is 10.2. The first-order valence-electron chi connectivity index (χ1n) is 11.5. The molecule has 34 heavy (non-hydrogen) atoms. The zero-order valence-electron chi connectivity index (χ0n) is 19.0. The summed E-state index contributed by atoms with van der Waals surface area (Å²) in [6.45, 7) is 4.22. The summed E-state index contributed by atoms with van der Waals surface area (Å²) >= 11 is 0. The molecule has 0 saturated carbocycles. The molecule has 0 atom stereocenters. The Bertz CT molecular complexity index is 1710. The summed E-state index contributed by atoms with van der Waals surface area (Å²) in [5, 5.41) is 2.21. The highest BCUT2D eigenvalue weighted by Gasteiger charge is 2.20. The van der Waals surface area contributed by atoms with Gasteiger partial charge < -0.3 is 0 Å². The second kappa shape index (κ2) is 7.03. The average Bonchev–Trinajstić information content (AvgIpc) is 3.36. The fourth-order valence-corrected chi connectivity index (χ4v) is 4.97. The Morgan fingerprint density at radius 1 is 0.471 bits per heavy atom. The molecule has 0 aliphatic rings. The van der Waals surface area contributed by atoms with Crippen LogP contribution in [0.15, 0.2) is 97.1 Å². The normalized spacial score (nSPS) is 11.8. The van der Waals surface area contributed by atoms with E-state index >= 15 is 0 Å². The van der Waals surface area contributed by atoms with Crippen LogP contribution in [0.3, 0.4) is 0 Å². The number of rotatable bonds is 2. The molecule has 0 spiro atoms. The zero-order valence-corrected chi connectivity index (χ0v) is 19.0. The number of nitrogens with zero attached hydrogens (tertiary/aromatic N) is 4. The van der Waals surface area contributed by atoms with Crippen molar-refractivity contribution >= 4 is 44.1 Å². The van der Waals surface area contributed by atoms with Crippen LogP contribution in [0.2, 0.25) is 0 Å². The number of fused-ring (bicyclic) bond motifs is 6. The molecule has 7 rings (SSSR count). The van der Waals surface area contributed by atoms with Gasteiger partial charge in [-0.15, -0.1) is 0 Å². The van der Waals surface area contributed by atoms with Crippen molar-refractivity contribution in [2.75, 3.05) is 0 Å². The van der Waals surface area contributed by atoms with Gasteiger partial charge in [-0.2, -0.15) is 0 Å². The van der Waals surface area contributed by atoms with Crippen LogP contribution in [-0.4, -0.2) is 19.1 Å². The van der Waals surface area contributed by atoms with Crippen molar-refractivity contribution in [2.24, 2.45) is 0 Å². The van der Waals surface area contributed by atoms with Gasteiger partial charge in [0.2, 0.25) is 0 Å². The Morgan fingerprint density at radius 2 is 0.853 bits per heavy atom. The lowest BCUT2D eigenvalue weighted by Gasteiger charge is -2.08. The van der Waals surface area contributed by atoms with Gasteiger partial charge >= 0.3 is 0 Å². The van der Waals surface area contributed by atoms with Crippen molar-refractivity contribution in [2.45, 2.75) is 13.8 Å². The maximum absolute atomic E-state index is 5.29. The Kier molecular flexibility index (Phi) is 3.94. The highest BCUT2D eigenvalue weighted by molar-refractivity contribution is 6.12. The first-order chi connectivity index (χ1) is 16.7. The first-order valence-corrected chi connectivity index (χ1v) is 11.5. The van der Waals surface area contributed by atoms with Gasteiger partial charge in [-0.25, -0.2) is 9.97 Å². The number of para-hydroxylation sites is 2. The summed E-state index contributed by atoms with van der Waals surface area (Å²) in [4.78, 5) is 10.6. The predicted octanol–water partition coefficient (Wildman–Crippen LogP) is 7.29. The second-order valence-corrected chi connectivity index (χ2v) is 8.94. The summed E-state index contributed by atoms with van der Waals surface area (Å²) < 4.78 is 4.46. The minimum absolute atomic E-state index is 0.879. The predicted molar refractivity (Wildman–Crippen MR) is 140 cm³/mol. The molecule has 4 nitrogen and oxygen atoms in total. The molecule has 3 aromatic heterocycles. The van der Waals surface area contributed by atoms with Crippen molar-refractivity contribution in [3.63, 3.8) is 0 Å². The van der Waals surface area contributed by atoms with Crippen LogP contribution in [0.25, 0.3) is 55.5 Å². The minimum Gasteiger partial charge on any atom is -0.293 e. The van der Waals surface area contributed by atoms with E-state index in [0.29, 0.717) is 0 Å². The number of aryl methyl sites for hydroxylation is 2. The summed E-state index contributed by atoms with van der Waals surface area (Å²) in [5.41, 5.74) is 10.5. The van der Waals surface area contributed by atoms with E-state index in [1.54, 1.807) is 0 Å². The third kappa shape index (κ3) is 2.66. The average molecular weight is 439 g/mol. The maximum Gasteiger partial charge on any atom is 0.165 e. The van der Waals surface area contributed by atoms with E-state index in [-0.39, 0.29) is 0 Å². The number of aromatic nitrogens is 4. The standard InChI is InChI=1S/C30H22N4/c1-19-11-15-21(16-12-19)33-25-9-5-3-7-23(25)27-29(33)31-28-24-8-4-6-10-26(24)34(30(28)32-27)22-17-13-20(2)14-18-22/h3-18H,1-2H3. The molecule has 0 aliphatic carbocycles. The third-order valence-corrected chi connectivity index (χ3v) is 6.67. The van der Waals surface area contributed by atoms with Gasteiger partial charge in [0.15, 0.2) is 11.3 Å². The van der Waals surface area contributed by atoms with Crippen molar-refractivity contribution in [3.8, 4) is 11.4 Å². The van der Waals surface area contributed by atoms with Gasteiger partial charge in [-0.05, 0) is 50.2 Å². The van der Waals surface area contributed by atoms with Gasteiger partial charge in [0.25, 0.3) is 0 Å². The van der Waals surface area contributed by atoms with E-state index < -0.39 is 0 Å². The largest absolute Gasteiger partial charge is 0.293 e. The number of hydrogen-bond acceptors (Lipinski definition) is 2. The molecule has 162 valence electrons. The molecule has 0 saturated heterocycles. The molecule has 0 aliphatic heterocycles. The lowest BCUT2D eigenvalue weighted by molar-refractivity contribution is 1.12. The Morgan fingerprint density at radius 3 is 1.26 bits per heavy atom. The maximum atomic E-state index is 5.29. The molecule has 0 amide bonds. The number of benzene rings is 4. The molecule has 3 heterocycles. The van der Waals surface area contributed by atoms with E-state index in [2.05, 4.69) is 120 Å². The van der Waals surface area contributed by atoms with Crippen LogP contribution in [0.5, 0.6) is 0 Å². The highest BCUT2D eigenvalue weighted by atomic mass is 15.1. The Hall–Kier alpha value is -4.44. The van der Waals surface area contributed by atoms with Gasteiger partial charge in [-0.1, -0.05) is 71.8 Å². The van der Waals surface area contributed by atoms with Crippen LogP contribution >= 0.6 is 0 Å². The summed E-state index contributed by atoms with van der Waals surface area (Å²) in [6.07, 6.45) is 0. The van der Waals surface area contributed by atoms with Crippen LogP contribution in [-0.2, 0) is 0 Å². The van der Waals surface area contributed by atoms with Crippen molar-refractivity contribution in [1.82, 2.24) is 19.1 Å². The van der Waals surface area contributed by atoms with Gasteiger partial charge in [0.1, 0.15) is 11.0 Å². The topological polar surface area (TPSA) is 35.6 Å². The first kappa shape index (κ1) is 19.1. The van der Waals surface area contributed by atoms with E-state index in [9.17, 15) is 0 Å². The molecule has 0 unspecified atom stereocenters. The molecule has 0 fully saturated rings. The Balaban J connectivity index is 1.66. The molecule has 0 N–H and O–H groups in total. The summed E-state index contributed by atoms with van der Waals surface area (Å²) in [7, 11) is 0. The van der Waals surface area contributed by atoms with E-state index in [4.69, 9.17) is 9.97 Å². The van der Waals surface area contributed by atoms with Crippen LogP contribution < -0.4 is 0 Å². The molecule has 0 radical (unpaired) electrons. The van der Waals surface area contributed by atoms with Crippen LogP contribution in [0, 0.1) is 13.8 Å². The van der Waals surface area contributed by atoms with Gasteiger partial charge in [0.05, 0.1) is 11.0 Å². The Labute approximate surface area is 196 Å².